The molecular weight excluding hydrogens is 389 g/mol. The first kappa shape index (κ1) is 20.9. The number of pyridine rings is 1. The second kappa shape index (κ2) is 11.5. The Morgan fingerprint density at radius 3 is 2.59 bits per heavy atom. The third-order valence-electron chi connectivity index (χ3n) is 3.01. The standard InChI is InChI=1S/C16H29N5.HI/c1-6-17-16(18-11-10-13(2)3)19-12-14-8-7-9-15(20-14)21(4)5;/h7-9,13H,6,10-12H2,1-5H3,(H2,17,18,19);1H. The van der Waals surface area contributed by atoms with Crippen molar-refractivity contribution in [2.45, 2.75) is 33.7 Å². The average Bonchev–Trinajstić information content (AvgIpc) is 2.44. The predicted octanol–water partition coefficient (Wildman–Crippen LogP) is 2.87. The first-order chi connectivity index (χ1) is 10.0. The number of rotatable bonds is 7. The Kier molecular flexibility index (Phi) is 11.0. The van der Waals surface area contributed by atoms with Crippen LogP contribution in [0.15, 0.2) is 23.2 Å². The summed E-state index contributed by atoms with van der Waals surface area (Å²) in [6.07, 6.45) is 1.14. The lowest BCUT2D eigenvalue weighted by Crippen LogP contribution is -2.38. The Morgan fingerprint density at radius 1 is 1.27 bits per heavy atom. The zero-order chi connectivity index (χ0) is 15.7. The van der Waals surface area contributed by atoms with E-state index in [-0.39, 0.29) is 24.0 Å². The minimum atomic E-state index is 0. The van der Waals surface area contributed by atoms with E-state index in [4.69, 9.17) is 0 Å². The van der Waals surface area contributed by atoms with Crippen molar-refractivity contribution in [3.8, 4) is 0 Å². The third kappa shape index (κ3) is 8.41. The van der Waals surface area contributed by atoms with Crippen LogP contribution >= 0.6 is 24.0 Å². The average molecular weight is 419 g/mol. The largest absolute Gasteiger partial charge is 0.363 e. The van der Waals surface area contributed by atoms with Crippen molar-refractivity contribution < 1.29 is 0 Å². The number of aliphatic imine (C=N–C) groups is 1. The van der Waals surface area contributed by atoms with Crippen LogP contribution < -0.4 is 15.5 Å². The van der Waals surface area contributed by atoms with Gasteiger partial charge in [-0.15, -0.1) is 24.0 Å². The fraction of sp³-hybridized carbons (Fsp3) is 0.625. The monoisotopic (exact) mass is 419 g/mol. The summed E-state index contributed by atoms with van der Waals surface area (Å²) in [6, 6.07) is 6.03. The lowest BCUT2D eigenvalue weighted by atomic mass is 10.1. The molecule has 1 aromatic rings. The highest BCUT2D eigenvalue weighted by atomic mass is 127. The van der Waals surface area contributed by atoms with Crippen molar-refractivity contribution in [1.29, 1.82) is 0 Å². The Balaban J connectivity index is 0.00000441. The summed E-state index contributed by atoms with van der Waals surface area (Å²) in [5, 5.41) is 6.62. The number of aromatic nitrogens is 1. The zero-order valence-corrected chi connectivity index (χ0v) is 16.7. The Bertz CT molecular complexity index is 446. The fourth-order valence-electron chi connectivity index (χ4n) is 1.79. The van der Waals surface area contributed by atoms with Crippen LogP contribution in [0.3, 0.4) is 0 Å². The van der Waals surface area contributed by atoms with E-state index in [0.29, 0.717) is 12.5 Å². The van der Waals surface area contributed by atoms with E-state index >= 15 is 0 Å². The van der Waals surface area contributed by atoms with Gasteiger partial charge in [-0.3, -0.25) is 0 Å². The van der Waals surface area contributed by atoms with E-state index in [9.17, 15) is 0 Å². The van der Waals surface area contributed by atoms with Crippen LogP contribution in [-0.4, -0.2) is 38.1 Å². The van der Waals surface area contributed by atoms with E-state index < -0.39 is 0 Å². The van der Waals surface area contributed by atoms with Crippen molar-refractivity contribution in [3.63, 3.8) is 0 Å². The molecule has 6 heteroatoms. The molecular formula is C16H30IN5. The number of anilines is 1. The molecule has 1 aromatic heterocycles. The highest BCUT2D eigenvalue weighted by Gasteiger charge is 2.01. The van der Waals surface area contributed by atoms with Crippen LogP contribution in [0.5, 0.6) is 0 Å². The van der Waals surface area contributed by atoms with Gasteiger partial charge in [-0.25, -0.2) is 9.98 Å². The number of hydrogen-bond donors (Lipinski definition) is 2. The smallest absolute Gasteiger partial charge is 0.191 e. The topological polar surface area (TPSA) is 52.6 Å². The summed E-state index contributed by atoms with van der Waals surface area (Å²) in [5.74, 6) is 2.51. The van der Waals surface area contributed by atoms with E-state index in [0.717, 1.165) is 37.0 Å². The highest BCUT2D eigenvalue weighted by Crippen LogP contribution is 2.08. The van der Waals surface area contributed by atoms with Gasteiger partial charge >= 0.3 is 0 Å². The van der Waals surface area contributed by atoms with Crippen LogP contribution in [0.1, 0.15) is 32.9 Å². The molecule has 0 unspecified atom stereocenters. The van der Waals surface area contributed by atoms with Gasteiger partial charge in [-0.2, -0.15) is 0 Å². The van der Waals surface area contributed by atoms with Gasteiger partial charge in [0.05, 0.1) is 12.2 Å². The van der Waals surface area contributed by atoms with Crippen LogP contribution in [-0.2, 0) is 6.54 Å². The predicted molar refractivity (Wildman–Crippen MR) is 106 cm³/mol. The summed E-state index contributed by atoms with van der Waals surface area (Å²) < 4.78 is 0. The third-order valence-corrected chi connectivity index (χ3v) is 3.01. The second-order valence-electron chi connectivity index (χ2n) is 5.69. The maximum absolute atomic E-state index is 4.59. The summed E-state index contributed by atoms with van der Waals surface area (Å²) >= 11 is 0. The molecule has 5 nitrogen and oxygen atoms in total. The van der Waals surface area contributed by atoms with Crippen molar-refractivity contribution in [1.82, 2.24) is 15.6 Å². The Hall–Kier alpha value is -1.05. The molecule has 0 aliphatic carbocycles. The summed E-state index contributed by atoms with van der Waals surface area (Å²) in [7, 11) is 3.99. The fourth-order valence-corrected chi connectivity index (χ4v) is 1.79. The lowest BCUT2D eigenvalue weighted by molar-refractivity contribution is 0.573. The second-order valence-corrected chi connectivity index (χ2v) is 5.69. The highest BCUT2D eigenvalue weighted by molar-refractivity contribution is 14.0. The molecule has 0 aliphatic heterocycles. The first-order valence-corrected chi connectivity index (χ1v) is 7.68. The van der Waals surface area contributed by atoms with Crippen LogP contribution in [0.4, 0.5) is 5.82 Å². The maximum Gasteiger partial charge on any atom is 0.191 e. The molecule has 0 fully saturated rings. The molecule has 126 valence electrons. The molecule has 0 spiro atoms. The molecule has 0 aliphatic rings. The van der Waals surface area contributed by atoms with Crippen LogP contribution in [0.25, 0.3) is 0 Å². The van der Waals surface area contributed by atoms with Crippen molar-refractivity contribution >= 4 is 35.8 Å². The molecule has 0 radical (unpaired) electrons. The van der Waals surface area contributed by atoms with Crippen molar-refractivity contribution in [3.05, 3.63) is 23.9 Å². The molecule has 0 amide bonds. The molecule has 0 bridgehead atoms. The van der Waals surface area contributed by atoms with Crippen molar-refractivity contribution in [2.24, 2.45) is 10.9 Å². The van der Waals surface area contributed by atoms with Gasteiger partial charge in [0, 0.05) is 27.2 Å². The maximum atomic E-state index is 4.59. The molecule has 0 saturated carbocycles. The summed E-state index contributed by atoms with van der Waals surface area (Å²) in [5.41, 5.74) is 0.974. The number of guanidine groups is 1. The summed E-state index contributed by atoms with van der Waals surface area (Å²) in [6.45, 7) is 8.90. The minimum absolute atomic E-state index is 0. The number of halogens is 1. The SMILES string of the molecule is CCNC(=NCc1cccc(N(C)C)n1)NCCC(C)C.I. The lowest BCUT2D eigenvalue weighted by Gasteiger charge is -2.13. The van der Waals surface area contributed by atoms with Gasteiger partial charge in [0.2, 0.25) is 0 Å². The van der Waals surface area contributed by atoms with Gasteiger partial charge in [0.1, 0.15) is 5.82 Å². The van der Waals surface area contributed by atoms with Crippen molar-refractivity contribution in [2.75, 3.05) is 32.1 Å². The molecule has 1 heterocycles. The molecule has 0 saturated heterocycles. The van der Waals surface area contributed by atoms with E-state index in [2.05, 4.69) is 41.4 Å². The Morgan fingerprint density at radius 2 is 2.00 bits per heavy atom. The van der Waals surface area contributed by atoms with E-state index in [1.165, 1.54) is 0 Å². The minimum Gasteiger partial charge on any atom is -0.363 e. The molecule has 2 N–H and O–H groups in total. The molecule has 22 heavy (non-hydrogen) atoms. The van der Waals surface area contributed by atoms with Gasteiger partial charge in [-0.1, -0.05) is 19.9 Å². The number of nitrogens with zero attached hydrogens (tertiary/aromatic N) is 3. The Labute approximate surface area is 152 Å². The van der Waals surface area contributed by atoms with E-state index in [1.54, 1.807) is 0 Å². The molecule has 0 atom stereocenters. The zero-order valence-electron chi connectivity index (χ0n) is 14.4. The van der Waals surface area contributed by atoms with Gasteiger partial charge in [0.25, 0.3) is 0 Å². The molecule has 1 rings (SSSR count). The normalized spacial score (nSPS) is 11.1. The quantitative estimate of drug-likeness (QED) is 0.406. The van der Waals surface area contributed by atoms with E-state index in [1.807, 2.05) is 37.2 Å². The number of hydrogen-bond acceptors (Lipinski definition) is 3. The molecule has 0 aromatic carbocycles. The first-order valence-electron chi connectivity index (χ1n) is 7.68. The summed E-state index contributed by atoms with van der Waals surface area (Å²) in [4.78, 5) is 11.2. The van der Waals surface area contributed by atoms with Crippen LogP contribution in [0.2, 0.25) is 0 Å². The van der Waals surface area contributed by atoms with Crippen LogP contribution in [0, 0.1) is 5.92 Å². The van der Waals surface area contributed by atoms with Gasteiger partial charge < -0.3 is 15.5 Å². The van der Waals surface area contributed by atoms with Gasteiger partial charge in [-0.05, 0) is 31.4 Å². The van der Waals surface area contributed by atoms with Gasteiger partial charge in [0.15, 0.2) is 5.96 Å². The number of nitrogens with one attached hydrogen (secondary N) is 2.